The SMILES string of the molecule is O=Nc1c2n(c(=O)[nH]c1=O)CCCN2. The Kier molecular flexibility index (Phi) is 1.91. The maximum absolute atomic E-state index is 11.3. The molecule has 2 heterocycles. The van der Waals surface area contributed by atoms with Crippen LogP contribution in [0.3, 0.4) is 0 Å². The molecule has 0 radical (unpaired) electrons. The predicted molar refractivity (Wildman–Crippen MR) is 49.9 cm³/mol. The van der Waals surface area contributed by atoms with E-state index >= 15 is 0 Å². The van der Waals surface area contributed by atoms with Crippen LogP contribution in [0, 0.1) is 4.91 Å². The number of aromatic amines is 1. The number of hydrogen-bond acceptors (Lipinski definition) is 5. The van der Waals surface area contributed by atoms with E-state index < -0.39 is 11.2 Å². The molecule has 1 aliphatic heterocycles. The van der Waals surface area contributed by atoms with Crippen molar-refractivity contribution in [3.63, 3.8) is 0 Å². The summed E-state index contributed by atoms with van der Waals surface area (Å²) in [6.45, 7) is 1.12. The van der Waals surface area contributed by atoms with Crippen molar-refractivity contribution in [2.24, 2.45) is 5.18 Å². The van der Waals surface area contributed by atoms with Crippen molar-refractivity contribution in [2.45, 2.75) is 13.0 Å². The molecule has 0 atom stereocenters. The molecule has 7 heteroatoms. The molecule has 74 valence electrons. The zero-order valence-corrected chi connectivity index (χ0v) is 7.24. The molecule has 2 rings (SSSR count). The Labute approximate surface area is 77.7 Å². The normalized spacial score (nSPS) is 14.3. The van der Waals surface area contributed by atoms with Gasteiger partial charge in [0.15, 0.2) is 0 Å². The molecule has 1 aromatic rings. The van der Waals surface area contributed by atoms with E-state index in [1.54, 1.807) is 0 Å². The molecular formula is C7H8N4O3. The highest BCUT2D eigenvalue weighted by atomic mass is 16.3. The van der Waals surface area contributed by atoms with Gasteiger partial charge in [-0.2, -0.15) is 0 Å². The largest absolute Gasteiger partial charge is 0.369 e. The maximum atomic E-state index is 11.3. The third kappa shape index (κ3) is 1.13. The summed E-state index contributed by atoms with van der Waals surface area (Å²) in [7, 11) is 0. The number of rotatable bonds is 1. The van der Waals surface area contributed by atoms with Crippen molar-refractivity contribution in [1.29, 1.82) is 0 Å². The van der Waals surface area contributed by atoms with Crippen LogP contribution in [0.25, 0.3) is 0 Å². The highest BCUT2D eigenvalue weighted by Gasteiger charge is 2.17. The number of nitroso groups, excluding NO2 is 1. The smallest absolute Gasteiger partial charge is 0.330 e. The molecule has 0 unspecified atom stereocenters. The van der Waals surface area contributed by atoms with Crippen molar-refractivity contribution in [1.82, 2.24) is 9.55 Å². The van der Waals surface area contributed by atoms with Gasteiger partial charge < -0.3 is 5.32 Å². The third-order valence-corrected chi connectivity index (χ3v) is 2.12. The minimum Gasteiger partial charge on any atom is -0.369 e. The van der Waals surface area contributed by atoms with Crippen molar-refractivity contribution >= 4 is 11.5 Å². The van der Waals surface area contributed by atoms with E-state index in [0.29, 0.717) is 13.1 Å². The van der Waals surface area contributed by atoms with Crippen molar-refractivity contribution in [3.05, 3.63) is 25.7 Å². The van der Waals surface area contributed by atoms with Crippen molar-refractivity contribution < 1.29 is 0 Å². The molecule has 1 aromatic heterocycles. The molecule has 0 spiro atoms. The van der Waals surface area contributed by atoms with Crippen LogP contribution in [0.5, 0.6) is 0 Å². The fraction of sp³-hybridized carbons (Fsp3) is 0.429. The molecule has 14 heavy (non-hydrogen) atoms. The first-order valence-corrected chi connectivity index (χ1v) is 4.18. The van der Waals surface area contributed by atoms with Gasteiger partial charge in [0.25, 0.3) is 5.56 Å². The number of aromatic nitrogens is 2. The lowest BCUT2D eigenvalue weighted by molar-refractivity contribution is 0.592. The van der Waals surface area contributed by atoms with Crippen molar-refractivity contribution in [2.75, 3.05) is 11.9 Å². The van der Waals surface area contributed by atoms with Gasteiger partial charge in [0, 0.05) is 13.1 Å². The van der Waals surface area contributed by atoms with Gasteiger partial charge in [0.05, 0.1) is 0 Å². The minimum absolute atomic E-state index is 0.222. The van der Waals surface area contributed by atoms with E-state index in [1.165, 1.54) is 4.57 Å². The highest BCUT2D eigenvalue weighted by Crippen LogP contribution is 2.20. The van der Waals surface area contributed by atoms with Crippen LogP contribution in [0.2, 0.25) is 0 Å². The van der Waals surface area contributed by atoms with Gasteiger partial charge in [-0.05, 0) is 11.6 Å². The van der Waals surface area contributed by atoms with Crippen LogP contribution < -0.4 is 16.6 Å². The first-order valence-electron chi connectivity index (χ1n) is 4.18. The fourth-order valence-electron chi connectivity index (χ4n) is 1.48. The second-order valence-corrected chi connectivity index (χ2v) is 2.98. The summed E-state index contributed by atoms with van der Waals surface area (Å²) in [6.07, 6.45) is 0.775. The van der Waals surface area contributed by atoms with E-state index in [0.717, 1.165) is 6.42 Å². The van der Waals surface area contributed by atoms with E-state index in [4.69, 9.17) is 0 Å². The summed E-state index contributed by atoms with van der Waals surface area (Å²) < 4.78 is 1.31. The third-order valence-electron chi connectivity index (χ3n) is 2.12. The average molecular weight is 196 g/mol. The van der Waals surface area contributed by atoms with Crippen LogP contribution in [0.15, 0.2) is 14.8 Å². The molecule has 0 saturated heterocycles. The van der Waals surface area contributed by atoms with Gasteiger partial charge in [-0.3, -0.25) is 14.3 Å². The molecule has 2 N–H and O–H groups in total. The van der Waals surface area contributed by atoms with Crippen molar-refractivity contribution in [3.8, 4) is 0 Å². The molecule has 0 amide bonds. The lowest BCUT2D eigenvalue weighted by Gasteiger charge is -2.19. The summed E-state index contributed by atoms with van der Waals surface area (Å²) in [5.41, 5.74) is -1.51. The molecule has 7 nitrogen and oxygen atoms in total. The van der Waals surface area contributed by atoms with Gasteiger partial charge in [-0.15, -0.1) is 4.91 Å². The van der Waals surface area contributed by atoms with E-state index in [1.807, 2.05) is 4.98 Å². The molecule has 0 aromatic carbocycles. The average Bonchev–Trinajstić information content (AvgIpc) is 2.18. The molecular weight excluding hydrogens is 188 g/mol. The number of hydrogen-bond donors (Lipinski definition) is 2. The Morgan fingerprint density at radius 2 is 2.14 bits per heavy atom. The fourth-order valence-corrected chi connectivity index (χ4v) is 1.48. The Balaban J connectivity index is 2.80. The monoisotopic (exact) mass is 196 g/mol. The molecule has 0 aliphatic carbocycles. The standard InChI is InChI=1S/C7H8N4O3/c12-6-4(10-14)5-8-2-1-3-11(5)7(13)9-6/h8H,1-3H2,(H,9,12,13). The summed E-state index contributed by atoms with van der Waals surface area (Å²) in [4.78, 5) is 34.8. The lowest BCUT2D eigenvalue weighted by atomic mass is 10.3. The summed E-state index contributed by atoms with van der Waals surface area (Å²) in [6, 6.07) is 0. The van der Waals surface area contributed by atoms with Crippen LogP contribution in [-0.2, 0) is 6.54 Å². The minimum atomic E-state index is -0.745. The Morgan fingerprint density at radius 1 is 1.36 bits per heavy atom. The van der Waals surface area contributed by atoms with Gasteiger partial charge >= 0.3 is 5.69 Å². The van der Waals surface area contributed by atoms with Gasteiger partial charge in [0.1, 0.15) is 5.82 Å². The maximum Gasteiger partial charge on any atom is 0.330 e. The van der Waals surface area contributed by atoms with Gasteiger partial charge in [-0.25, -0.2) is 4.79 Å². The molecule has 1 aliphatic rings. The van der Waals surface area contributed by atoms with E-state index in [9.17, 15) is 14.5 Å². The first-order chi connectivity index (χ1) is 6.74. The molecule has 0 fully saturated rings. The zero-order valence-electron chi connectivity index (χ0n) is 7.24. The van der Waals surface area contributed by atoms with Crippen LogP contribution in [0.1, 0.15) is 6.42 Å². The number of anilines is 1. The summed E-state index contributed by atoms with van der Waals surface area (Å²) in [5, 5.41) is 5.42. The Hall–Kier alpha value is -1.92. The zero-order chi connectivity index (χ0) is 10.1. The quantitative estimate of drug-likeness (QED) is 0.605. The second-order valence-electron chi connectivity index (χ2n) is 2.98. The number of nitrogens with one attached hydrogen (secondary N) is 2. The Morgan fingerprint density at radius 3 is 2.86 bits per heavy atom. The van der Waals surface area contributed by atoms with Gasteiger partial charge in [-0.1, -0.05) is 0 Å². The highest BCUT2D eigenvalue weighted by molar-refractivity contribution is 5.59. The number of fused-ring (bicyclic) bond motifs is 1. The Bertz CT molecular complexity index is 487. The topological polar surface area (TPSA) is 96.3 Å². The summed E-state index contributed by atoms with van der Waals surface area (Å²) >= 11 is 0. The predicted octanol–water partition coefficient (Wildman–Crippen LogP) is -0.250. The van der Waals surface area contributed by atoms with Gasteiger partial charge in [0.2, 0.25) is 5.69 Å². The van der Waals surface area contributed by atoms with E-state index in [2.05, 4.69) is 10.5 Å². The lowest BCUT2D eigenvalue weighted by Crippen LogP contribution is -2.35. The van der Waals surface area contributed by atoms with Crippen LogP contribution in [0.4, 0.5) is 11.5 Å². The van der Waals surface area contributed by atoms with Crippen LogP contribution in [-0.4, -0.2) is 16.1 Å². The number of nitrogens with zero attached hydrogens (tertiary/aromatic N) is 2. The molecule has 0 bridgehead atoms. The van der Waals surface area contributed by atoms with Crippen LogP contribution >= 0.6 is 0 Å². The first kappa shape index (κ1) is 8.67. The molecule has 0 saturated carbocycles. The number of H-pyrrole nitrogens is 1. The van der Waals surface area contributed by atoms with E-state index in [-0.39, 0.29) is 11.5 Å². The second kappa shape index (κ2) is 3.09. The summed E-state index contributed by atoms with van der Waals surface area (Å²) in [5.74, 6) is 0.222.